The van der Waals surface area contributed by atoms with E-state index >= 15 is 0 Å². The van der Waals surface area contributed by atoms with Crippen molar-refractivity contribution in [2.75, 3.05) is 6.54 Å². The predicted octanol–water partition coefficient (Wildman–Crippen LogP) is 4.52. The summed E-state index contributed by atoms with van der Waals surface area (Å²) in [5.74, 6) is 0.631. The number of amides is 2. The van der Waals surface area contributed by atoms with E-state index in [0.717, 1.165) is 24.9 Å². The van der Waals surface area contributed by atoms with Crippen LogP contribution in [-0.2, 0) is 16.1 Å². The van der Waals surface area contributed by atoms with Crippen molar-refractivity contribution >= 4 is 12.3 Å². The van der Waals surface area contributed by atoms with Crippen LogP contribution in [0.4, 0.5) is 4.39 Å². The molecule has 0 bridgehead atoms. The quantitative estimate of drug-likeness (QED) is 0.699. The number of rotatable bonds is 6. The average Bonchev–Trinajstić information content (AvgIpc) is 3.41. The molecule has 1 aromatic heterocycles. The van der Waals surface area contributed by atoms with Crippen molar-refractivity contribution in [2.45, 2.75) is 66.0 Å². The van der Waals surface area contributed by atoms with Crippen molar-refractivity contribution in [3.8, 4) is 0 Å². The minimum Gasteiger partial charge on any atom is -0.361 e. The first-order chi connectivity index (χ1) is 14.4. The molecule has 6 nitrogen and oxygen atoms in total. The molecule has 1 N–H and O–H groups in total. The van der Waals surface area contributed by atoms with E-state index in [1.807, 2.05) is 32.6 Å². The van der Waals surface area contributed by atoms with Crippen LogP contribution in [0.2, 0.25) is 0 Å². The predicted molar refractivity (Wildman–Crippen MR) is 115 cm³/mol. The van der Waals surface area contributed by atoms with Crippen molar-refractivity contribution in [1.82, 2.24) is 15.4 Å². The van der Waals surface area contributed by atoms with Crippen molar-refractivity contribution < 1.29 is 18.5 Å². The van der Waals surface area contributed by atoms with Gasteiger partial charge in [0.15, 0.2) is 0 Å². The van der Waals surface area contributed by atoms with Crippen LogP contribution in [0.3, 0.4) is 0 Å². The normalized spacial score (nSPS) is 16.1. The van der Waals surface area contributed by atoms with E-state index in [2.05, 4.69) is 17.4 Å². The Morgan fingerprint density at radius 2 is 1.97 bits per heavy atom. The van der Waals surface area contributed by atoms with E-state index in [4.69, 9.17) is 4.52 Å². The van der Waals surface area contributed by atoms with E-state index in [-0.39, 0.29) is 23.6 Å². The van der Waals surface area contributed by atoms with Gasteiger partial charge in [0, 0.05) is 25.2 Å². The van der Waals surface area contributed by atoms with E-state index in [0.29, 0.717) is 24.8 Å². The molecule has 0 spiro atoms. The van der Waals surface area contributed by atoms with Crippen LogP contribution in [0.15, 0.2) is 41.1 Å². The molecule has 166 valence electrons. The fourth-order valence-electron chi connectivity index (χ4n) is 3.32. The van der Waals surface area contributed by atoms with Crippen LogP contribution in [0.25, 0.3) is 0 Å². The van der Waals surface area contributed by atoms with E-state index in [1.54, 1.807) is 24.4 Å². The third kappa shape index (κ3) is 7.61. The molecular formula is C23H34FN3O3. The lowest BCUT2D eigenvalue weighted by molar-refractivity contribution is -0.134. The summed E-state index contributed by atoms with van der Waals surface area (Å²) in [5, 5.41) is 6.19. The smallest absolute Gasteiger partial charge is 0.233 e. The molecule has 2 aromatic rings. The van der Waals surface area contributed by atoms with Crippen molar-refractivity contribution in [2.24, 2.45) is 5.92 Å². The summed E-state index contributed by atoms with van der Waals surface area (Å²) in [4.78, 5) is 24.4. The lowest BCUT2D eigenvalue weighted by Gasteiger charge is -2.27. The molecule has 0 saturated carbocycles. The molecule has 1 aliphatic heterocycles. The molecule has 2 unspecified atom stereocenters. The van der Waals surface area contributed by atoms with Gasteiger partial charge < -0.3 is 14.7 Å². The lowest BCUT2D eigenvalue weighted by atomic mass is 9.91. The summed E-state index contributed by atoms with van der Waals surface area (Å²) in [6.07, 6.45) is 4.43. The van der Waals surface area contributed by atoms with Crippen molar-refractivity contribution in [3.63, 3.8) is 0 Å². The Labute approximate surface area is 178 Å². The molecule has 3 rings (SSSR count). The second-order valence-corrected chi connectivity index (χ2v) is 7.28. The Morgan fingerprint density at radius 1 is 1.30 bits per heavy atom. The first-order valence-corrected chi connectivity index (χ1v) is 10.6. The van der Waals surface area contributed by atoms with Gasteiger partial charge in [-0.2, -0.15) is 0 Å². The van der Waals surface area contributed by atoms with Crippen molar-refractivity contribution in [3.05, 3.63) is 53.7 Å². The molecule has 2 heterocycles. The second kappa shape index (κ2) is 13.5. The number of hydrogen-bond donors (Lipinski definition) is 1. The molecule has 1 aliphatic rings. The molecule has 30 heavy (non-hydrogen) atoms. The molecule has 2 amide bonds. The Bertz CT molecular complexity index is 733. The largest absolute Gasteiger partial charge is 0.361 e. The molecular weight excluding hydrogens is 385 g/mol. The molecule has 0 aliphatic carbocycles. The van der Waals surface area contributed by atoms with Crippen molar-refractivity contribution in [1.29, 1.82) is 0 Å². The van der Waals surface area contributed by atoms with Gasteiger partial charge in [-0.1, -0.05) is 45.0 Å². The standard InChI is InChI=1S/C13H20N2O2.C8H8FNO.C2H6/c1-9(2)12(11-6-7-14-17-11)13(16)15-8-4-5-10(15)3;9-8-3-1-7(2-4-8)5-10-6-11;1-2/h6-7,9-10,12H,4-5,8H2,1-3H3;1-4,6H,5H2,(H,10,11);1-2H3. The molecule has 2 atom stereocenters. The van der Waals surface area contributed by atoms with Gasteiger partial charge in [0.25, 0.3) is 0 Å². The maximum absolute atomic E-state index is 12.5. The van der Waals surface area contributed by atoms with Crippen LogP contribution in [0.1, 0.15) is 64.7 Å². The number of likely N-dealkylation sites (tertiary alicyclic amines) is 1. The zero-order chi connectivity index (χ0) is 22.5. The summed E-state index contributed by atoms with van der Waals surface area (Å²) in [6.45, 7) is 11.5. The highest BCUT2D eigenvalue weighted by atomic mass is 19.1. The van der Waals surface area contributed by atoms with E-state index in [9.17, 15) is 14.0 Å². The number of hydrogen-bond acceptors (Lipinski definition) is 4. The molecule has 1 saturated heterocycles. The highest BCUT2D eigenvalue weighted by Crippen LogP contribution is 2.29. The number of carbonyl (C=O) groups excluding carboxylic acids is 2. The van der Waals surface area contributed by atoms with Crippen LogP contribution in [-0.4, -0.2) is 35.0 Å². The highest BCUT2D eigenvalue weighted by molar-refractivity contribution is 5.83. The zero-order valence-corrected chi connectivity index (χ0v) is 18.6. The summed E-state index contributed by atoms with van der Waals surface area (Å²) in [7, 11) is 0. The Morgan fingerprint density at radius 3 is 2.43 bits per heavy atom. The summed E-state index contributed by atoms with van der Waals surface area (Å²) in [5.41, 5.74) is 0.888. The number of nitrogens with one attached hydrogen (secondary N) is 1. The maximum atomic E-state index is 12.5. The van der Waals surface area contributed by atoms with Gasteiger partial charge in [-0.05, 0) is 43.4 Å². The number of aromatic nitrogens is 1. The Kier molecular flexibility index (Phi) is 11.4. The third-order valence-corrected chi connectivity index (χ3v) is 4.84. The van der Waals surface area contributed by atoms with Gasteiger partial charge in [0.05, 0.1) is 6.20 Å². The van der Waals surface area contributed by atoms with Crippen LogP contribution in [0.5, 0.6) is 0 Å². The molecule has 1 aromatic carbocycles. The molecule has 7 heteroatoms. The highest BCUT2D eigenvalue weighted by Gasteiger charge is 2.35. The van der Waals surface area contributed by atoms with Crippen LogP contribution < -0.4 is 5.32 Å². The van der Waals surface area contributed by atoms with Gasteiger partial charge in [-0.3, -0.25) is 9.59 Å². The number of halogens is 1. The van der Waals surface area contributed by atoms with Gasteiger partial charge in [0.2, 0.25) is 12.3 Å². The maximum Gasteiger partial charge on any atom is 0.233 e. The topological polar surface area (TPSA) is 75.4 Å². The van der Waals surface area contributed by atoms with Gasteiger partial charge >= 0.3 is 0 Å². The SMILES string of the molecule is CC.CC(C)C(C(=O)N1CCCC1C)c1ccno1.O=CNCc1ccc(F)cc1. The Hall–Kier alpha value is -2.70. The lowest BCUT2D eigenvalue weighted by Crippen LogP contribution is -2.38. The molecule has 0 radical (unpaired) electrons. The van der Waals surface area contributed by atoms with Crippen LogP contribution >= 0.6 is 0 Å². The summed E-state index contributed by atoms with van der Waals surface area (Å²) >= 11 is 0. The first-order valence-electron chi connectivity index (χ1n) is 10.6. The second-order valence-electron chi connectivity index (χ2n) is 7.28. The van der Waals surface area contributed by atoms with Crippen LogP contribution in [0, 0.1) is 11.7 Å². The van der Waals surface area contributed by atoms with E-state index < -0.39 is 0 Å². The molecule has 1 fully saturated rings. The van der Waals surface area contributed by atoms with Gasteiger partial charge in [-0.25, -0.2) is 4.39 Å². The minimum atomic E-state index is -0.264. The zero-order valence-electron chi connectivity index (χ0n) is 18.6. The number of carbonyl (C=O) groups is 2. The summed E-state index contributed by atoms with van der Waals surface area (Å²) in [6, 6.07) is 8.14. The van der Waals surface area contributed by atoms with Gasteiger partial charge in [0.1, 0.15) is 17.5 Å². The third-order valence-electron chi connectivity index (χ3n) is 4.84. The first kappa shape index (κ1) is 25.3. The average molecular weight is 420 g/mol. The van der Waals surface area contributed by atoms with E-state index in [1.165, 1.54) is 12.1 Å². The fourth-order valence-corrected chi connectivity index (χ4v) is 3.32. The monoisotopic (exact) mass is 419 g/mol. The number of benzene rings is 1. The Balaban J connectivity index is 0.000000300. The number of nitrogens with zero attached hydrogens (tertiary/aromatic N) is 2. The summed E-state index contributed by atoms with van der Waals surface area (Å²) < 4.78 is 17.5. The van der Waals surface area contributed by atoms with Gasteiger partial charge in [-0.15, -0.1) is 0 Å². The fraction of sp³-hybridized carbons (Fsp3) is 0.522. The minimum absolute atomic E-state index is 0.182.